The van der Waals surface area contributed by atoms with Crippen LogP contribution in [0.25, 0.3) is 0 Å². The van der Waals surface area contributed by atoms with E-state index >= 15 is 0 Å². The van der Waals surface area contributed by atoms with Crippen molar-refractivity contribution in [2.24, 2.45) is 5.18 Å². The van der Waals surface area contributed by atoms with Crippen molar-refractivity contribution >= 4 is 5.91 Å². The third-order valence-electron chi connectivity index (χ3n) is 2.14. The maximum absolute atomic E-state index is 10.9. The molecule has 0 bridgehead atoms. The third kappa shape index (κ3) is 3.31. The molecule has 4 heteroatoms. The molecule has 4 nitrogen and oxygen atoms in total. The second-order valence-electron chi connectivity index (χ2n) is 3.34. The van der Waals surface area contributed by atoms with Crippen molar-refractivity contribution in [3.63, 3.8) is 0 Å². The highest BCUT2D eigenvalue weighted by Gasteiger charge is 2.04. The van der Waals surface area contributed by atoms with E-state index in [9.17, 15) is 9.70 Å². The summed E-state index contributed by atoms with van der Waals surface area (Å²) in [5.74, 6) is -0.111. The summed E-state index contributed by atoms with van der Waals surface area (Å²) < 4.78 is 5.44. The molecule has 0 radical (unpaired) electrons. The van der Waals surface area contributed by atoms with Crippen LogP contribution in [0.15, 0.2) is 41.1 Å². The number of amides is 1. The largest absolute Gasteiger partial charge is 0.489 e. The number of benzene rings is 1. The molecule has 0 aliphatic rings. The smallest absolute Gasteiger partial charge is 0.316 e. The maximum Gasteiger partial charge on any atom is 0.316 e. The highest BCUT2D eigenvalue weighted by atomic mass is 16.5. The van der Waals surface area contributed by atoms with Crippen molar-refractivity contribution in [2.45, 2.75) is 13.8 Å². The molecular weight excluding hydrogens is 206 g/mol. The Kier molecular flexibility index (Phi) is 4.39. The number of nitrogens with zero attached hydrogens (tertiary/aromatic N) is 1. The number of rotatable bonds is 4. The van der Waals surface area contributed by atoms with Gasteiger partial charge >= 0.3 is 5.91 Å². The molecule has 0 N–H and O–H groups in total. The first-order chi connectivity index (χ1) is 7.67. The predicted octanol–water partition coefficient (Wildman–Crippen LogP) is 2.94. The summed E-state index contributed by atoms with van der Waals surface area (Å²) in [6, 6.07) is 6.32. The molecule has 84 valence electrons. The van der Waals surface area contributed by atoms with Crippen molar-refractivity contribution in [3.8, 4) is 5.75 Å². The molecule has 1 amide bonds. The van der Waals surface area contributed by atoms with Crippen LogP contribution in [-0.2, 0) is 0 Å². The Labute approximate surface area is 93.9 Å². The number of hydrogen-bond donors (Lipinski definition) is 0. The van der Waals surface area contributed by atoms with Crippen molar-refractivity contribution in [1.29, 1.82) is 0 Å². The van der Waals surface area contributed by atoms with E-state index in [1.165, 1.54) is 12.1 Å². The summed E-state index contributed by atoms with van der Waals surface area (Å²) >= 11 is 0. The number of allylic oxidation sites excluding steroid dienone is 1. The highest BCUT2D eigenvalue weighted by molar-refractivity contribution is 5.94. The van der Waals surface area contributed by atoms with Gasteiger partial charge in [0.1, 0.15) is 12.4 Å². The molecule has 0 saturated carbocycles. The second-order valence-corrected chi connectivity index (χ2v) is 3.34. The molecule has 0 fully saturated rings. The van der Waals surface area contributed by atoms with Gasteiger partial charge in [0.15, 0.2) is 0 Å². The average molecular weight is 219 g/mol. The van der Waals surface area contributed by atoms with E-state index in [0.29, 0.717) is 12.4 Å². The topological polar surface area (TPSA) is 55.7 Å². The third-order valence-corrected chi connectivity index (χ3v) is 2.14. The van der Waals surface area contributed by atoms with E-state index in [-0.39, 0.29) is 5.56 Å². The normalized spacial score (nSPS) is 11.0. The Balaban J connectivity index is 2.65. The molecule has 1 rings (SSSR count). The number of ether oxygens (including phenoxy) is 1. The first kappa shape index (κ1) is 12.1. The van der Waals surface area contributed by atoms with Gasteiger partial charge in [0.2, 0.25) is 0 Å². The van der Waals surface area contributed by atoms with Crippen LogP contribution < -0.4 is 4.74 Å². The van der Waals surface area contributed by atoms with Crippen LogP contribution in [0.2, 0.25) is 0 Å². The van der Waals surface area contributed by atoms with Gasteiger partial charge in [-0.3, -0.25) is 4.79 Å². The summed E-state index contributed by atoms with van der Waals surface area (Å²) in [6.45, 7) is 4.42. The van der Waals surface area contributed by atoms with Crippen molar-refractivity contribution in [1.82, 2.24) is 0 Å². The molecule has 0 aliphatic carbocycles. The zero-order chi connectivity index (χ0) is 12.0. The van der Waals surface area contributed by atoms with E-state index in [1.807, 2.05) is 19.9 Å². The number of nitroso groups, excluding NO2 is 1. The first-order valence-corrected chi connectivity index (χ1v) is 4.89. The molecule has 0 saturated heterocycles. The molecule has 0 unspecified atom stereocenters. The summed E-state index contributed by atoms with van der Waals surface area (Å²) in [4.78, 5) is 20.9. The highest BCUT2D eigenvalue weighted by Crippen LogP contribution is 2.13. The van der Waals surface area contributed by atoms with Crippen molar-refractivity contribution < 1.29 is 9.53 Å². The van der Waals surface area contributed by atoms with E-state index < -0.39 is 5.91 Å². The van der Waals surface area contributed by atoms with E-state index in [4.69, 9.17) is 4.74 Å². The second kappa shape index (κ2) is 5.80. The fraction of sp³-hybridized carbons (Fsp3) is 0.250. The lowest BCUT2D eigenvalue weighted by Gasteiger charge is -2.05. The molecule has 0 spiro atoms. The monoisotopic (exact) mass is 219 g/mol. The van der Waals surface area contributed by atoms with Crippen LogP contribution in [0.1, 0.15) is 24.2 Å². The number of carbonyl (C=O) groups excluding carboxylic acids is 1. The van der Waals surface area contributed by atoms with Gasteiger partial charge in [0.05, 0.1) is 0 Å². The number of carbonyl (C=O) groups is 1. The summed E-state index contributed by atoms with van der Waals surface area (Å²) in [5, 5.41) is 2.34. The van der Waals surface area contributed by atoms with Gasteiger partial charge in [0.25, 0.3) is 0 Å². The fourth-order valence-corrected chi connectivity index (χ4v) is 1.03. The summed E-state index contributed by atoms with van der Waals surface area (Å²) in [7, 11) is 0. The Hall–Kier alpha value is -1.97. The van der Waals surface area contributed by atoms with E-state index in [0.717, 1.165) is 5.57 Å². The van der Waals surface area contributed by atoms with Crippen LogP contribution in [-0.4, -0.2) is 12.5 Å². The van der Waals surface area contributed by atoms with Gasteiger partial charge in [-0.25, -0.2) is 0 Å². The minimum Gasteiger partial charge on any atom is -0.489 e. The van der Waals surface area contributed by atoms with E-state index in [1.54, 1.807) is 12.1 Å². The van der Waals surface area contributed by atoms with Crippen LogP contribution in [0.4, 0.5) is 0 Å². The Morgan fingerprint density at radius 2 is 2.00 bits per heavy atom. The standard InChI is InChI=1S/C12H13NO3/c1-3-9(2)8-16-11-6-4-10(5-7-11)12(14)13-15/h3-7H,8H2,1-2H3/b9-3+. The van der Waals surface area contributed by atoms with Gasteiger partial charge in [0, 0.05) is 10.7 Å². The molecule has 1 aromatic carbocycles. The summed E-state index contributed by atoms with van der Waals surface area (Å²) in [6.07, 6.45) is 1.97. The van der Waals surface area contributed by atoms with Gasteiger partial charge < -0.3 is 4.74 Å². The van der Waals surface area contributed by atoms with Crippen molar-refractivity contribution in [3.05, 3.63) is 46.4 Å². The van der Waals surface area contributed by atoms with Crippen LogP contribution in [0.3, 0.4) is 0 Å². The molecule has 0 aromatic heterocycles. The molecule has 0 heterocycles. The molecule has 0 aliphatic heterocycles. The lowest BCUT2D eigenvalue weighted by Crippen LogP contribution is -1.99. The lowest BCUT2D eigenvalue weighted by molar-refractivity contribution is 0.100. The maximum atomic E-state index is 10.9. The molecule has 0 atom stereocenters. The molecule has 1 aromatic rings. The average Bonchev–Trinajstić information content (AvgIpc) is 2.35. The van der Waals surface area contributed by atoms with Gasteiger partial charge in [-0.05, 0) is 43.7 Å². The summed E-state index contributed by atoms with van der Waals surface area (Å²) in [5.41, 5.74) is 1.39. The van der Waals surface area contributed by atoms with E-state index in [2.05, 4.69) is 5.18 Å². The first-order valence-electron chi connectivity index (χ1n) is 4.89. The zero-order valence-corrected chi connectivity index (χ0v) is 9.27. The predicted molar refractivity (Wildman–Crippen MR) is 61.5 cm³/mol. The van der Waals surface area contributed by atoms with Gasteiger partial charge in [-0.1, -0.05) is 6.08 Å². The quantitative estimate of drug-likeness (QED) is 0.577. The van der Waals surface area contributed by atoms with Gasteiger partial charge in [-0.2, -0.15) is 0 Å². The van der Waals surface area contributed by atoms with Crippen LogP contribution in [0, 0.1) is 4.91 Å². The minimum absolute atomic E-state index is 0.269. The SMILES string of the molecule is C/C=C(\C)COc1ccc(C(=O)N=O)cc1. The van der Waals surface area contributed by atoms with Crippen LogP contribution in [0.5, 0.6) is 5.75 Å². The van der Waals surface area contributed by atoms with Crippen LogP contribution >= 0.6 is 0 Å². The number of hydrogen-bond acceptors (Lipinski definition) is 3. The Morgan fingerprint density at radius 1 is 1.38 bits per heavy atom. The van der Waals surface area contributed by atoms with Crippen molar-refractivity contribution in [2.75, 3.05) is 6.61 Å². The lowest BCUT2D eigenvalue weighted by atomic mass is 10.2. The molecule has 16 heavy (non-hydrogen) atoms. The fourth-order valence-electron chi connectivity index (χ4n) is 1.03. The molecular formula is C12H13NO3. The van der Waals surface area contributed by atoms with Gasteiger partial charge in [-0.15, -0.1) is 4.91 Å². The minimum atomic E-state index is -0.767. The zero-order valence-electron chi connectivity index (χ0n) is 9.27. The Morgan fingerprint density at radius 3 is 2.50 bits per heavy atom. The Bertz CT molecular complexity index is 407.